The summed E-state index contributed by atoms with van der Waals surface area (Å²) in [4.78, 5) is 0. The average Bonchev–Trinajstić information content (AvgIpc) is 3.17. The van der Waals surface area contributed by atoms with Gasteiger partial charge in [0.15, 0.2) is 0 Å². The molecule has 164 valence electrons. The van der Waals surface area contributed by atoms with Crippen molar-refractivity contribution in [2.24, 2.45) is 11.8 Å². The molecular weight excluding hydrogens is 388 g/mol. The quantitative estimate of drug-likeness (QED) is 0.391. The molecular formula is C30H40Si. The maximum atomic E-state index is 2.50. The standard InChI is InChI=1S/C30H40Si/c1-8-31(29-21(6)15-25-17-23(13-19(2)3)9-11-27(25)29)30-22(7)16-26-18-24(14-20(4)5)10-12-28(26)30/h9-12,15-20,29-31H,8,13-14H2,1-7H3. The maximum absolute atomic E-state index is 2.50. The molecule has 0 saturated heterocycles. The monoisotopic (exact) mass is 428 g/mol. The van der Waals surface area contributed by atoms with Crippen LogP contribution in [0.15, 0.2) is 47.5 Å². The largest absolute Gasteiger partial charge is 0.0682 e. The molecule has 0 fully saturated rings. The first-order valence-corrected chi connectivity index (χ1v) is 14.6. The van der Waals surface area contributed by atoms with E-state index in [9.17, 15) is 0 Å². The lowest BCUT2D eigenvalue weighted by molar-refractivity contribution is 0.647. The van der Waals surface area contributed by atoms with E-state index < -0.39 is 8.80 Å². The summed E-state index contributed by atoms with van der Waals surface area (Å²) in [6, 6.07) is 16.0. The van der Waals surface area contributed by atoms with Crippen LogP contribution in [0.5, 0.6) is 0 Å². The van der Waals surface area contributed by atoms with Crippen molar-refractivity contribution in [3.8, 4) is 0 Å². The Hall–Kier alpha value is -1.86. The van der Waals surface area contributed by atoms with E-state index in [1.165, 1.54) is 41.1 Å². The van der Waals surface area contributed by atoms with E-state index in [0.29, 0.717) is 22.9 Å². The van der Waals surface area contributed by atoms with E-state index in [4.69, 9.17) is 0 Å². The van der Waals surface area contributed by atoms with Gasteiger partial charge in [-0.25, -0.2) is 0 Å². The summed E-state index contributed by atoms with van der Waals surface area (Å²) in [5.74, 6) is 1.42. The minimum Gasteiger partial charge on any atom is -0.0682 e. The van der Waals surface area contributed by atoms with Crippen LogP contribution < -0.4 is 0 Å². The van der Waals surface area contributed by atoms with Crippen LogP contribution in [-0.4, -0.2) is 8.80 Å². The molecule has 0 radical (unpaired) electrons. The molecule has 31 heavy (non-hydrogen) atoms. The smallest absolute Gasteiger partial charge is 0.0626 e. The number of fused-ring (bicyclic) bond motifs is 2. The fourth-order valence-corrected chi connectivity index (χ4v) is 10.6. The molecule has 2 aliphatic rings. The van der Waals surface area contributed by atoms with Crippen molar-refractivity contribution in [2.45, 2.75) is 78.4 Å². The lowest BCUT2D eigenvalue weighted by Gasteiger charge is -2.31. The minimum atomic E-state index is -1.13. The summed E-state index contributed by atoms with van der Waals surface area (Å²) in [5, 5.41) is 0. The van der Waals surface area contributed by atoms with Gasteiger partial charge >= 0.3 is 0 Å². The Bertz CT molecular complexity index is 939. The molecule has 4 rings (SSSR count). The lowest BCUT2D eigenvalue weighted by atomic mass is 9.98. The van der Waals surface area contributed by atoms with Crippen molar-refractivity contribution < 1.29 is 0 Å². The second-order valence-corrected chi connectivity index (χ2v) is 14.4. The van der Waals surface area contributed by atoms with Crippen molar-refractivity contribution in [1.29, 1.82) is 0 Å². The van der Waals surface area contributed by atoms with Crippen molar-refractivity contribution in [3.63, 3.8) is 0 Å². The second kappa shape index (κ2) is 8.94. The van der Waals surface area contributed by atoms with Crippen molar-refractivity contribution in [1.82, 2.24) is 0 Å². The normalized spacial score (nSPS) is 20.7. The minimum absolute atomic E-state index is 0.669. The third kappa shape index (κ3) is 4.39. The number of rotatable bonds is 7. The van der Waals surface area contributed by atoms with Crippen LogP contribution in [0.4, 0.5) is 0 Å². The first-order valence-electron chi connectivity index (χ1n) is 12.4. The highest BCUT2D eigenvalue weighted by Crippen LogP contribution is 2.48. The molecule has 0 amide bonds. The highest BCUT2D eigenvalue weighted by molar-refractivity contribution is 6.64. The molecule has 0 nitrogen and oxygen atoms in total. The van der Waals surface area contributed by atoms with E-state index >= 15 is 0 Å². The van der Waals surface area contributed by atoms with Crippen molar-refractivity contribution >= 4 is 20.9 Å². The SMILES string of the molecule is CC[SiH](C1C(C)=Cc2cc(CC(C)C)ccc21)C1C(C)=Cc2cc(CC(C)C)ccc21. The van der Waals surface area contributed by atoms with E-state index in [0.717, 1.165) is 0 Å². The third-order valence-corrected chi connectivity index (χ3v) is 11.8. The van der Waals surface area contributed by atoms with E-state index in [-0.39, 0.29) is 0 Å². The van der Waals surface area contributed by atoms with Crippen LogP contribution >= 0.6 is 0 Å². The zero-order valence-corrected chi connectivity index (χ0v) is 21.8. The molecule has 0 aromatic heterocycles. The Morgan fingerprint density at radius 1 is 0.710 bits per heavy atom. The summed E-state index contributed by atoms with van der Waals surface area (Å²) in [5.41, 5.74) is 13.8. The molecule has 0 heterocycles. The molecule has 2 aliphatic carbocycles. The molecule has 2 aromatic rings. The van der Waals surface area contributed by atoms with Gasteiger partial charge in [0.25, 0.3) is 0 Å². The number of allylic oxidation sites excluding steroid dienone is 2. The fourth-order valence-electron chi connectivity index (χ4n) is 6.22. The maximum Gasteiger partial charge on any atom is 0.0626 e. The third-order valence-electron chi connectivity index (χ3n) is 7.34. The van der Waals surface area contributed by atoms with Gasteiger partial charge in [-0.05, 0) is 83.0 Å². The van der Waals surface area contributed by atoms with Gasteiger partial charge in [-0.1, -0.05) is 100 Å². The molecule has 0 spiro atoms. The van der Waals surface area contributed by atoms with Crippen molar-refractivity contribution in [3.05, 3.63) is 80.9 Å². The van der Waals surface area contributed by atoms with Gasteiger partial charge in [0, 0.05) is 0 Å². The predicted molar refractivity (Wildman–Crippen MR) is 140 cm³/mol. The summed E-state index contributed by atoms with van der Waals surface area (Å²) < 4.78 is 0. The number of hydrogen-bond acceptors (Lipinski definition) is 0. The highest BCUT2D eigenvalue weighted by atomic mass is 28.3. The summed E-state index contributed by atoms with van der Waals surface area (Å²) in [7, 11) is -1.13. The molecule has 0 saturated carbocycles. The summed E-state index contributed by atoms with van der Waals surface area (Å²) >= 11 is 0. The summed E-state index contributed by atoms with van der Waals surface area (Å²) in [6.07, 6.45) is 7.35. The Kier molecular flexibility index (Phi) is 6.44. The van der Waals surface area contributed by atoms with Crippen molar-refractivity contribution in [2.75, 3.05) is 0 Å². The van der Waals surface area contributed by atoms with E-state index in [1.807, 2.05) is 0 Å². The van der Waals surface area contributed by atoms with Gasteiger partial charge in [0.05, 0.1) is 8.80 Å². The van der Waals surface area contributed by atoms with Gasteiger partial charge < -0.3 is 0 Å². The summed E-state index contributed by atoms with van der Waals surface area (Å²) in [6.45, 7) is 16.5. The van der Waals surface area contributed by atoms with E-state index in [2.05, 4.69) is 97.0 Å². The molecule has 0 aliphatic heterocycles. The Morgan fingerprint density at radius 2 is 1.13 bits per heavy atom. The van der Waals surface area contributed by atoms with Crippen LogP contribution in [0, 0.1) is 11.8 Å². The topological polar surface area (TPSA) is 0 Å². The van der Waals surface area contributed by atoms with Gasteiger partial charge in [0.1, 0.15) is 0 Å². The molecule has 2 atom stereocenters. The van der Waals surface area contributed by atoms with Gasteiger partial charge in [-0.3, -0.25) is 0 Å². The zero-order chi connectivity index (χ0) is 22.3. The fraction of sp³-hybridized carbons (Fsp3) is 0.467. The number of benzene rings is 2. The molecule has 0 N–H and O–H groups in total. The number of hydrogen-bond donors (Lipinski definition) is 0. The Balaban J connectivity index is 1.67. The molecule has 0 bridgehead atoms. The first kappa shape index (κ1) is 22.3. The predicted octanol–water partition coefficient (Wildman–Crippen LogP) is 8.11. The van der Waals surface area contributed by atoms with E-state index in [1.54, 1.807) is 22.3 Å². The molecule has 1 heteroatoms. The van der Waals surface area contributed by atoms with Gasteiger partial charge in [0.2, 0.25) is 0 Å². The Morgan fingerprint density at radius 3 is 1.48 bits per heavy atom. The lowest BCUT2D eigenvalue weighted by Crippen LogP contribution is -2.31. The highest BCUT2D eigenvalue weighted by Gasteiger charge is 2.39. The zero-order valence-electron chi connectivity index (χ0n) is 20.6. The average molecular weight is 429 g/mol. The van der Waals surface area contributed by atoms with Crippen LogP contribution in [0.1, 0.15) is 92.9 Å². The first-order chi connectivity index (χ1) is 14.8. The van der Waals surface area contributed by atoms with Crippen LogP contribution in [0.25, 0.3) is 12.2 Å². The van der Waals surface area contributed by atoms with Gasteiger partial charge in [-0.15, -0.1) is 0 Å². The van der Waals surface area contributed by atoms with Crippen LogP contribution in [-0.2, 0) is 12.8 Å². The molecule has 2 unspecified atom stereocenters. The molecule has 2 aromatic carbocycles. The van der Waals surface area contributed by atoms with Crippen LogP contribution in [0.2, 0.25) is 6.04 Å². The Labute approximate surface area is 192 Å². The van der Waals surface area contributed by atoms with Gasteiger partial charge in [-0.2, -0.15) is 0 Å². The van der Waals surface area contributed by atoms with Crippen LogP contribution in [0.3, 0.4) is 0 Å². The second-order valence-electron chi connectivity index (χ2n) is 10.9.